The maximum Gasteiger partial charge on any atom is 0.0792 e. The summed E-state index contributed by atoms with van der Waals surface area (Å²) < 4.78 is 1.02. The van der Waals surface area contributed by atoms with Gasteiger partial charge in [-0.15, -0.1) is 0 Å². The smallest absolute Gasteiger partial charge is 0.0792 e. The fourth-order valence-corrected chi connectivity index (χ4v) is 0.566. The summed E-state index contributed by atoms with van der Waals surface area (Å²) in [6, 6.07) is 0. The fourth-order valence-electron chi connectivity index (χ4n) is 0.566. The average Bonchev–Trinajstić information content (AvgIpc) is 2.00. The van der Waals surface area contributed by atoms with Gasteiger partial charge < -0.3 is 20.1 Å². The van der Waals surface area contributed by atoms with E-state index in [4.69, 9.17) is 5.73 Å². The van der Waals surface area contributed by atoms with Gasteiger partial charge in [0.05, 0.1) is 33.7 Å². The van der Waals surface area contributed by atoms with Crippen molar-refractivity contribution >= 4 is 5.97 Å². The highest BCUT2D eigenvalue weighted by Gasteiger charge is 2.03. The van der Waals surface area contributed by atoms with E-state index in [0.717, 1.165) is 17.4 Å². The van der Waals surface area contributed by atoms with E-state index in [1.54, 1.807) is 0 Å². The standard InChI is InChI=1S/C6H17N2.C4H6O2/c1-8(2,3)6-4-5-7;1-3(2)4(5)6/h4-7H2,1-3H3;1H2,2H3,(H,5,6)/q+1;/p-1. The van der Waals surface area contributed by atoms with E-state index < -0.39 is 5.97 Å². The lowest BCUT2D eigenvalue weighted by molar-refractivity contribution is -0.870. The molecule has 4 nitrogen and oxygen atoms in total. The molecule has 0 aromatic carbocycles. The molecule has 84 valence electrons. The maximum absolute atomic E-state index is 9.49. The van der Waals surface area contributed by atoms with E-state index in [2.05, 4.69) is 27.7 Å². The van der Waals surface area contributed by atoms with Gasteiger partial charge >= 0.3 is 0 Å². The summed E-state index contributed by atoms with van der Waals surface area (Å²) in [5.41, 5.74) is 5.39. The zero-order valence-electron chi connectivity index (χ0n) is 9.67. The van der Waals surface area contributed by atoms with Crippen LogP contribution in [0.5, 0.6) is 0 Å². The Balaban J connectivity index is 0. The summed E-state index contributed by atoms with van der Waals surface area (Å²) >= 11 is 0. The topological polar surface area (TPSA) is 66.1 Å². The first-order valence-electron chi connectivity index (χ1n) is 4.58. The van der Waals surface area contributed by atoms with Crippen LogP contribution in [-0.4, -0.2) is 44.7 Å². The Morgan fingerprint density at radius 3 is 1.86 bits per heavy atom. The molecule has 0 heterocycles. The molecule has 0 saturated carbocycles. The number of hydrogen-bond acceptors (Lipinski definition) is 3. The van der Waals surface area contributed by atoms with Crippen molar-refractivity contribution in [1.82, 2.24) is 0 Å². The number of rotatable bonds is 4. The van der Waals surface area contributed by atoms with Crippen molar-refractivity contribution in [3.8, 4) is 0 Å². The normalized spacial score (nSPS) is 10.1. The van der Waals surface area contributed by atoms with Crippen LogP contribution in [0.1, 0.15) is 13.3 Å². The SMILES string of the molecule is C=C(C)C(=O)[O-].C[N+](C)(C)CCCN. The zero-order valence-corrected chi connectivity index (χ0v) is 9.67. The van der Waals surface area contributed by atoms with Crippen molar-refractivity contribution in [2.24, 2.45) is 5.73 Å². The minimum atomic E-state index is -1.19. The van der Waals surface area contributed by atoms with Crippen LogP contribution in [0, 0.1) is 0 Å². The Labute approximate surface area is 86.6 Å². The van der Waals surface area contributed by atoms with Crippen LogP contribution in [0.4, 0.5) is 0 Å². The third-order valence-electron chi connectivity index (χ3n) is 1.38. The van der Waals surface area contributed by atoms with Crippen molar-refractivity contribution in [1.29, 1.82) is 0 Å². The van der Waals surface area contributed by atoms with Crippen molar-refractivity contribution in [3.05, 3.63) is 12.2 Å². The molecule has 0 radical (unpaired) electrons. The Morgan fingerprint density at radius 2 is 1.79 bits per heavy atom. The van der Waals surface area contributed by atoms with Gasteiger partial charge in [-0.2, -0.15) is 0 Å². The molecule has 0 aromatic heterocycles. The first-order valence-corrected chi connectivity index (χ1v) is 4.58. The summed E-state index contributed by atoms with van der Waals surface area (Å²) in [4.78, 5) is 9.49. The van der Waals surface area contributed by atoms with Crippen LogP contribution in [0.25, 0.3) is 0 Å². The van der Waals surface area contributed by atoms with Crippen LogP contribution in [-0.2, 0) is 4.79 Å². The lowest BCUT2D eigenvalue weighted by Gasteiger charge is -2.23. The number of carboxylic acids is 1. The number of aliphatic carboxylic acids is 1. The van der Waals surface area contributed by atoms with Gasteiger partial charge in [0.1, 0.15) is 0 Å². The van der Waals surface area contributed by atoms with Gasteiger partial charge in [-0.3, -0.25) is 0 Å². The average molecular weight is 202 g/mol. The number of nitrogens with zero attached hydrogens (tertiary/aromatic N) is 1. The van der Waals surface area contributed by atoms with Crippen molar-refractivity contribution < 1.29 is 14.4 Å². The van der Waals surface area contributed by atoms with E-state index in [1.165, 1.54) is 13.5 Å². The van der Waals surface area contributed by atoms with E-state index in [1.807, 2.05) is 0 Å². The lowest BCUT2D eigenvalue weighted by Crippen LogP contribution is -2.36. The van der Waals surface area contributed by atoms with Crippen LogP contribution in [0.2, 0.25) is 0 Å². The first-order chi connectivity index (χ1) is 6.20. The monoisotopic (exact) mass is 202 g/mol. The van der Waals surface area contributed by atoms with Crippen molar-refractivity contribution in [2.45, 2.75) is 13.3 Å². The van der Waals surface area contributed by atoms with Crippen LogP contribution in [0.15, 0.2) is 12.2 Å². The molecule has 2 N–H and O–H groups in total. The molecule has 0 fully saturated rings. The summed E-state index contributed by atoms with van der Waals surface area (Å²) in [5, 5.41) is 9.49. The van der Waals surface area contributed by atoms with E-state index in [-0.39, 0.29) is 5.57 Å². The van der Waals surface area contributed by atoms with Gasteiger partial charge in [-0.1, -0.05) is 6.58 Å². The number of carbonyl (C=O) groups is 1. The fraction of sp³-hybridized carbons (Fsp3) is 0.700. The highest BCUT2D eigenvalue weighted by Crippen LogP contribution is 1.90. The largest absolute Gasteiger partial charge is 0.545 e. The summed E-state index contributed by atoms with van der Waals surface area (Å²) in [6.07, 6.45) is 1.13. The van der Waals surface area contributed by atoms with Gasteiger partial charge in [0, 0.05) is 6.42 Å². The molecule has 0 aliphatic rings. The molecule has 0 aliphatic heterocycles. The van der Waals surface area contributed by atoms with E-state index >= 15 is 0 Å². The second-order valence-electron chi connectivity index (χ2n) is 4.22. The molecule has 0 saturated heterocycles. The summed E-state index contributed by atoms with van der Waals surface area (Å²) in [7, 11) is 6.53. The van der Waals surface area contributed by atoms with Gasteiger partial charge in [0.2, 0.25) is 0 Å². The predicted molar refractivity (Wildman–Crippen MR) is 56.4 cm³/mol. The molecule has 0 aromatic rings. The molecule has 0 aliphatic carbocycles. The molecule has 0 unspecified atom stereocenters. The Hall–Kier alpha value is -0.870. The third-order valence-corrected chi connectivity index (χ3v) is 1.38. The van der Waals surface area contributed by atoms with E-state index in [9.17, 15) is 9.90 Å². The Morgan fingerprint density at radius 1 is 1.43 bits per heavy atom. The molecule has 4 heteroatoms. The number of quaternary nitrogens is 1. The number of nitrogens with two attached hydrogens (primary N) is 1. The van der Waals surface area contributed by atoms with Gasteiger partial charge in [-0.05, 0) is 19.0 Å². The molecule has 0 bridgehead atoms. The maximum atomic E-state index is 9.49. The van der Waals surface area contributed by atoms with Crippen molar-refractivity contribution in [3.63, 3.8) is 0 Å². The molecule has 14 heavy (non-hydrogen) atoms. The zero-order chi connectivity index (χ0) is 11.8. The van der Waals surface area contributed by atoms with Crippen LogP contribution >= 0.6 is 0 Å². The number of hydrogen-bond donors (Lipinski definition) is 1. The minimum Gasteiger partial charge on any atom is -0.545 e. The van der Waals surface area contributed by atoms with Crippen LogP contribution in [0.3, 0.4) is 0 Å². The summed E-state index contributed by atoms with van der Waals surface area (Å²) in [5.74, 6) is -1.19. The number of carboxylic acid groups (broad SMARTS) is 1. The van der Waals surface area contributed by atoms with Crippen molar-refractivity contribution in [2.75, 3.05) is 34.2 Å². The first kappa shape index (κ1) is 15.6. The van der Waals surface area contributed by atoms with E-state index in [0.29, 0.717) is 0 Å². The molecular formula is C10H22N2O2. The highest BCUT2D eigenvalue weighted by atomic mass is 16.4. The van der Waals surface area contributed by atoms with Gasteiger partial charge in [-0.25, -0.2) is 0 Å². The van der Waals surface area contributed by atoms with Crippen LogP contribution < -0.4 is 10.8 Å². The number of carbonyl (C=O) groups excluding carboxylic acids is 1. The second kappa shape index (κ2) is 7.53. The Kier molecular flexibility index (Phi) is 8.38. The predicted octanol–water partition coefficient (Wildman–Crippen LogP) is -0.646. The molecule has 0 atom stereocenters. The molecular weight excluding hydrogens is 180 g/mol. The molecule has 0 spiro atoms. The highest BCUT2D eigenvalue weighted by molar-refractivity contribution is 5.82. The minimum absolute atomic E-state index is 0.0648. The molecule has 0 amide bonds. The summed E-state index contributed by atoms with van der Waals surface area (Å²) in [6.45, 7) is 6.47. The molecule has 0 rings (SSSR count). The second-order valence-corrected chi connectivity index (χ2v) is 4.22. The lowest BCUT2D eigenvalue weighted by atomic mass is 10.4. The van der Waals surface area contributed by atoms with Gasteiger partial charge in [0.15, 0.2) is 0 Å². The third kappa shape index (κ3) is 17.3. The van der Waals surface area contributed by atoms with Gasteiger partial charge in [0.25, 0.3) is 0 Å². The Bertz CT molecular complexity index is 171. The quantitative estimate of drug-likeness (QED) is 0.487.